The van der Waals surface area contributed by atoms with Crippen molar-refractivity contribution >= 4 is 15.7 Å². The molecule has 0 aliphatic carbocycles. The Labute approximate surface area is 143 Å². The van der Waals surface area contributed by atoms with Gasteiger partial charge in [0.2, 0.25) is 0 Å². The summed E-state index contributed by atoms with van der Waals surface area (Å²) in [6.45, 7) is 1.40. The number of hydrogen-bond donors (Lipinski definition) is 1. The van der Waals surface area contributed by atoms with E-state index in [0.29, 0.717) is 25.2 Å². The van der Waals surface area contributed by atoms with Gasteiger partial charge in [-0.05, 0) is 36.2 Å². The number of benzene rings is 2. The summed E-state index contributed by atoms with van der Waals surface area (Å²) in [5.41, 5.74) is 7.24. The molecule has 0 spiro atoms. The maximum Gasteiger partial charge on any atom is 0.253 e. The second-order valence-corrected chi connectivity index (χ2v) is 7.63. The van der Waals surface area contributed by atoms with Crippen LogP contribution in [0.15, 0.2) is 59.5 Å². The van der Waals surface area contributed by atoms with Gasteiger partial charge in [0.1, 0.15) is 0 Å². The number of rotatable bonds is 7. The lowest BCUT2D eigenvalue weighted by Crippen LogP contribution is -2.36. The van der Waals surface area contributed by atoms with Crippen molar-refractivity contribution in [3.8, 4) is 0 Å². The van der Waals surface area contributed by atoms with E-state index in [0.717, 1.165) is 18.2 Å². The molecule has 2 aromatic rings. The van der Waals surface area contributed by atoms with Crippen molar-refractivity contribution in [3.63, 3.8) is 0 Å². The summed E-state index contributed by atoms with van der Waals surface area (Å²) >= 11 is 0. The zero-order chi connectivity index (χ0) is 17.6. The van der Waals surface area contributed by atoms with Crippen LogP contribution in [0.2, 0.25) is 0 Å². The predicted molar refractivity (Wildman–Crippen MR) is 94.7 cm³/mol. The van der Waals surface area contributed by atoms with Crippen LogP contribution in [0.4, 0.5) is 0 Å². The third-order valence-electron chi connectivity index (χ3n) is 3.73. The van der Waals surface area contributed by atoms with Crippen molar-refractivity contribution < 1.29 is 13.2 Å². The van der Waals surface area contributed by atoms with Crippen LogP contribution in [0.3, 0.4) is 0 Å². The van der Waals surface area contributed by atoms with E-state index in [1.807, 2.05) is 30.3 Å². The number of hydrogen-bond acceptors (Lipinski definition) is 4. The van der Waals surface area contributed by atoms with Gasteiger partial charge in [-0.1, -0.05) is 30.3 Å². The van der Waals surface area contributed by atoms with Crippen LogP contribution in [-0.4, -0.2) is 45.1 Å². The first-order valence-electron chi connectivity index (χ1n) is 7.75. The highest BCUT2D eigenvalue weighted by atomic mass is 32.2. The Balaban J connectivity index is 2.10. The molecule has 24 heavy (non-hydrogen) atoms. The quantitative estimate of drug-likeness (QED) is 0.828. The molecular formula is C18H22N2O3S. The SMILES string of the molecule is CS(=O)(=O)c1ccc(C(=O)N(CCN)CCc2ccccc2)cc1. The van der Waals surface area contributed by atoms with Crippen molar-refractivity contribution in [1.82, 2.24) is 4.90 Å². The van der Waals surface area contributed by atoms with Crippen LogP contribution in [0.5, 0.6) is 0 Å². The molecule has 6 heteroatoms. The van der Waals surface area contributed by atoms with E-state index in [4.69, 9.17) is 5.73 Å². The van der Waals surface area contributed by atoms with Crippen LogP contribution >= 0.6 is 0 Å². The van der Waals surface area contributed by atoms with Gasteiger partial charge in [-0.2, -0.15) is 0 Å². The number of amides is 1. The normalized spacial score (nSPS) is 11.2. The number of carbonyl (C=O) groups excluding carboxylic acids is 1. The van der Waals surface area contributed by atoms with Crippen molar-refractivity contribution in [2.45, 2.75) is 11.3 Å². The molecule has 0 fully saturated rings. The zero-order valence-electron chi connectivity index (χ0n) is 13.7. The molecule has 0 saturated carbocycles. The van der Waals surface area contributed by atoms with Gasteiger partial charge in [0.25, 0.3) is 5.91 Å². The Bertz CT molecular complexity index is 772. The highest BCUT2D eigenvalue weighted by Gasteiger charge is 2.16. The molecule has 0 saturated heterocycles. The standard InChI is InChI=1S/C18H22N2O3S/c1-24(22,23)17-9-7-16(8-10-17)18(21)20(14-12-19)13-11-15-5-3-2-4-6-15/h2-10H,11-14,19H2,1H3. The van der Waals surface area contributed by atoms with Crippen LogP contribution in [-0.2, 0) is 16.3 Å². The number of nitrogens with two attached hydrogens (primary N) is 1. The molecule has 0 heterocycles. The molecule has 0 aliphatic rings. The van der Waals surface area contributed by atoms with Crippen molar-refractivity contribution in [2.75, 3.05) is 25.9 Å². The average Bonchev–Trinajstić information content (AvgIpc) is 2.58. The molecule has 128 valence electrons. The zero-order valence-corrected chi connectivity index (χ0v) is 14.5. The fourth-order valence-electron chi connectivity index (χ4n) is 2.41. The highest BCUT2D eigenvalue weighted by molar-refractivity contribution is 7.90. The van der Waals surface area contributed by atoms with E-state index in [2.05, 4.69) is 0 Å². The second-order valence-electron chi connectivity index (χ2n) is 5.61. The summed E-state index contributed by atoms with van der Waals surface area (Å²) in [7, 11) is -3.27. The fourth-order valence-corrected chi connectivity index (χ4v) is 3.04. The van der Waals surface area contributed by atoms with Crippen molar-refractivity contribution in [1.29, 1.82) is 0 Å². The highest BCUT2D eigenvalue weighted by Crippen LogP contribution is 2.13. The smallest absolute Gasteiger partial charge is 0.253 e. The number of nitrogens with zero attached hydrogens (tertiary/aromatic N) is 1. The Morgan fingerprint density at radius 2 is 1.62 bits per heavy atom. The molecule has 0 aliphatic heterocycles. The Morgan fingerprint density at radius 1 is 1.00 bits per heavy atom. The van der Waals surface area contributed by atoms with Crippen LogP contribution < -0.4 is 5.73 Å². The van der Waals surface area contributed by atoms with E-state index in [1.54, 1.807) is 17.0 Å². The average molecular weight is 346 g/mol. The Hall–Kier alpha value is -2.18. The minimum atomic E-state index is -3.27. The fraction of sp³-hybridized carbons (Fsp3) is 0.278. The van der Waals surface area contributed by atoms with Crippen molar-refractivity contribution in [3.05, 3.63) is 65.7 Å². The first-order chi connectivity index (χ1) is 11.4. The van der Waals surface area contributed by atoms with Gasteiger partial charge in [0, 0.05) is 31.5 Å². The summed E-state index contributed by atoms with van der Waals surface area (Å²) in [6, 6.07) is 15.9. The summed E-state index contributed by atoms with van der Waals surface area (Å²) in [6.07, 6.45) is 1.89. The topological polar surface area (TPSA) is 80.5 Å². The summed E-state index contributed by atoms with van der Waals surface area (Å²) in [4.78, 5) is 14.5. The van der Waals surface area contributed by atoms with Gasteiger partial charge < -0.3 is 10.6 Å². The lowest BCUT2D eigenvalue weighted by molar-refractivity contribution is 0.0762. The molecule has 0 radical (unpaired) electrons. The van der Waals surface area contributed by atoms with Gasteiger partial charge in [-0.25, -0.2) is 8.42 Å². The largest absolute Gasteiger partial charge is 0.337 e. The minimum absolute atomic E-state index is 0.142. The molecule has 1 amide bonds. The molecule has 0 aromatic heterocycles. The predicted octanol–water partition coefficient (Wildman–Crippen LogP) is 1.73. The van der Waals surface area contributed by atoms with E-state index in [1.165, 1.54) is 12.1 Å². The molecular weight excluding hydrogens is 324 g/mol. The third kappa shape index (κ3) is 4.91. The molecule has 2 N–H and O–H groups in total. The molecule has 0 bridgehead atoms. The Morgan fingerprint density at radius 3 is 2.17 bits per heavy atom. The van der Waals surface area contributed by atoms with Gasteiger partial charge in [0.15, 0.2) is 9.84 Å². The molecule has 0 unspecified atom stereocenters. The van der Waals surface area contributed by atoms with Crippen molar-refractivity contribution in [2.24, 2.45) is 5.73 Å². The Kier molecular flexibility index (Phi) is 6.11. The monoisotopic (exact) mass is 346 g/mol. The van der Waals surface area contributed by atoms with Crippen LogP contribution in [0, 0.1) is 0 Å². The maximum absolute atomic E-state index is 12.6. The third-order valence-corrected chi connectivity index (χ3v) is 4.86. The first-order valence-corrected chi connectivity index (χ1v) is 9.64. The van der Waals surface area contributed by atoms with Gasteiger partial charge in [-0.15, -0.1) is 0 Å². The molecule has 5 nitrogen and oxygen atoms in total. The van der Waals surface area contributed by atoms with E-state index in [-0.39, 0.29) is 10.8 Å². The summed E-state index contributed by atoms with van der Waals surface area (Å²) in [5.74, 6) is -0.142. The van der Waals surface area contributed by atoms with E-state index >= 15 is 0 Å². The summed E-state index contributed by atoms with van der Waals surface area (Å²) < 4.78 is 23.0. The van der Waals surface area contributed by atoms with Crippen LogP contribution in [0.25, 0.3) is 0 Å². The second kappa shape index (κ2) is 8.08. The number of carbonyl (C=O) groups is 1. The molecule has 0 atom stereocenters. The van der Waals surface area contributed by atoms with Crippen LogP contribution in [0.1, 0.15) is 15.9 Å². The molecule has 2 rings (SSSR count). The minimum Gasteiger partial charge on any atom is -0.337 e. The first kappa shape index (κ1) is 18.2. The van der Waals surface area contributed by atoms with E-state index in [9.17, 15) is 13.2 Å². The maximum atomic E-state index is 12.6. The molecule has 2 aromatic carbocycles. The lowest BCUT2D eigenvalue weighted by Gasteiger charge is -2.22. The van der Waals surface area contributed by atoms with Gasteiger partial charge in [-0.3, -0.25) is 4.79 Å². The van der Waals surface area contributed by atoms with Gasteiger partial charge >= 0.3 is 0 Å². The summed E-state index contributed by atoms with van der Waals surface area (Å²) in [5, 5.41) is 0. The van der Waals surface area contributed by atoms with Gasteiger partial charge in [0.05, 0.1) is 4.90 Å². The van der Waals surface area contributed by atoms with E-state index < -0.39 is 9.84 Å². The lowest BCUT2D eigenvalue weighted by atomic mass is 10.1. The number of sulfone groups is 1.